The van der Waals surface area contributed by atoms with E-state index in [4.69, 9.17) is 0 Å². The van der Waals surface area contributed by atoms with Crippen LogP contribution in [0.3, 0.4) is 0 Å². The van der Waals surface area contributed by atoms with Gasteiger partial charge in [0.25, 0.3) is 0 Å². The predicted octanol–water partition coefficient (Wildman–Crippen LogP) is 4.96. The van der Waals surface area contributed by atoms with E-state index in [9.17, 15) is 0 Å². The minimum atomic E-state index is 1.03. The second-order valence-electron chi connectivity index (χ2n) is 5.53. The van der Waals surface area contributed by atoms with Crippen molar-refractivity contribution in [2.24, 2.45) is 7.05 Å². The molecule has 0 saturated carbocycles. The van der Waals surface area contributed by atoms with Crippen LogP contribution in [0.4, 0.5) is 0 Å². The molecule has 0 saturated heterocycles. The van der Waals surface area contributed by atoms with Crippen LogP contribution < -0.4 is 0 Å². The van der Waals surface area contributed by atoms with E-state index in [1.807, 2.05) is 11.8 Å². The first-order chi connectivity index (χ1) is 9.75. The van der Waals surface area contributed by atoms with Crippen LogP contribution in [-0.2, 0) is 12.8 Å². The van der Waals surface area contributed by atoms with Gasteiger partial charge in [0.1, 0.15) is 0 Å². The number of rotatable bonds is 0. The van der Waals surface area contributed by atoms with Gasteiger partial charge in [-0.25, -0.2) is 0 Å². The molecule has 1 aliphatic heterocycles. The van der Waals surface area contributed by atoms with Gasteiger partial charge in [0, 0.05) is 28.6 Å². The van der Waals surface area contributed by atoms with Crippen LogP contribution in [0.25, 0.3) is 16.5 Å². The molecule has 0 fully saturated rings. The standard InChI is InChI=1S/C18H17NS/c1-12-8-9-16-14(10-12)15-11-20-17-7-5-3-4-6-13(17)18(15)19(16)2/h3-5,7-10H,6,11H2,1-2H3. The molecule has 2 aliphatic rings. The normalized spacial score (nSPS) is 17.3. The van der Waals surface area contributed by atoms with Gasteiger partial charge in [0.2, 0.25) is 0 Å². The molecule has 0 unspecified atom stereocenters. The van der Waals surface area contributed by atoms with E-state index in [1.165, 1.54) is 38.2 Å². The van der Waals surface area contributed by atoms with Crippen molar-refractivity contribution in [3.63, 3.8) is 0 Å². The Morgan fingerprint density at radius 1 is 1.20 bits per heavy atom. The molecule has 1 nitrogen and oxygen atoms in total. The molecule has 2 heterocycles. The minimum absolute atomic E-state index is 1.03. The molecule has 1 aromatic carbocycles. The van der Waals surface area contributed by atoms with E-state index in [0.29, 0.717) is 0 Å². The summed E-state index contributed by atoms with van der Waals surface area (Å²) in [4.78, 5) is 1.44. The van der Waals surface area contributed by atoms with Crippen molar-refractivity contribution in [1.29, 1.82) is 0 Å². The summed E-state index contributed by atoms with van der Waals surface area (Å²) in [6.45, 7) is 2.18. The summed E-state index contributed by atoms with van der Waals surface area (Å²) in [5.74, 6) is 1.08. The molecule has 2 heteroatoms. The van der Waals surface area contributed by atoms with Crippen LogP contribution in [0.5, 0.6) is 0 Å². The quantitative estimate of drug-likeness (QED) is 0.660. The minimum Gasteiger partial charge on any atom is -0.344 e. The summed E-state index contributed by atoms with van der Waals surface area (Å²) < 4.78 is 2.38. The summed E-state index contributed by atoms with van der Waals surface area (Å²) in [5.41, 5.74) is 7.13. The third-order valence-electron chi connectivity index (χ3n) is 4.23. The number of hydrogen-bond donors (Lipinski definition) is 0. The summed E-state index contributed by atoms with van der Waals surface area (Å²) >= 11 is 1.98. The number of fused-ring (bicyclic) bond motifs is 4. The second kappa shape index (κ2) is 4.42. The van der Waals surface area contributed by atoms with Crippen LogP contribution in [0, 0.1) is 6.92 Å². The van der Waals surface area contributed by atoms with E-state index in [2.05, 4.69) is 61.0 Å². The van der Waals surface area contributed by atoms with Crippen LogP contribution in [0.15, 0.2) is 47.4 Å². The Morgan fingerprint density at radius 2 is 2.10 bits per heavy atom. The molecule has 0 radical (unpaired) electrons. The van der Waals surface area contributed by atoms with Crippen molar-refractivity contribution < 1.29 is 0 Å². The molecule has 0 spiro atoms. The summed E-state index contributed by atoms with van der Waals surface area (Å²) in [6, 6.07) is 6.81. The van der Waals surface area contributed by atoms with E-state index >= 15 is 0 Å². The van der Waals surface area contributed by atoms with E-state index in [1.54, 1.807) is 0 Å². The van der Waals surface area contributed by atoms with Gasteiger partial charge >= 0.3 is 0 Å². The third kappa shape index (κ3) is 1.64. The summed E-state index contributed by atoms with van der Waals surface area (Å²) in [7, 11) is 2.20. The van der Waals surface area contributed by atoms with E-state index in [-0.39, 0.29) is 0 Å². The van der Waals surface area contributed by atoms with Crippen molar-refractivity contribution in [3.05, 3.63) is 64.2 Å². The fourth-order valence-corrected chi connectivity index (χ4v) is 4.39. The maximum atomic E-state index is 2.38. The Bertz CT molecular complexity index is 802. The average Bonchev–Trinajstić information content (AvgIpc) is 2.63. The lowest BCUT2D eigenvalue weighted by molar-refractivity contribution is 0.932. The number of aromatic nitrogens is 1. The molecule has 1 aromatic heterocycles. The largest absolute Gasteiger partial charge is 0.344 e. The smallest absolute Gasteiger partial charge is 0.0503 e. The van der Waals surface area contributed by atoms with E-state index < -0.39 is 0 Å². The van der Waals surface area contributed by atoms with Crippen molar-refractivity contribution in [2.75, 3.05) is 0 Å². The lowest BCUT2D eigenvalue weighted by Gasteiger charge is -2.19. The highest BCUT2D eigenvalue weighted by atomic mass is 32.2. The Balaban J connectivity index is 2.06. The Morgan fingerprint density at radius 3 is 3.00 bits per heavy atom. The first kappa shape index (κ1) is 12.1. The molecule has 1 aliphatic carbocycles. The van der Waals surface area contributed by atoms with Crippen molar-refractivity contribution in [1.82, 2.24) is 4.57 Å². The van der Waals surface area contributed by atoms with Crippen LogP contribution in [-0.4, -0.2) is 4.57 Å². The number of hydrogen-bond acceptors (Lipinski definition) is 1. The number of nitrogens with zero attached hydrogens (tertiary/aromatic N) is 1. The van der Waals surface area contributed by atoms with Gasteiger partial charge in [-0.05, 0) is 42.7 Å². The van der Waals surface area contributed by atoms with Crippen LogP contribution in [0.1, 0.15) is 23.2 Å². The number of aryl methyl sites for hydroxylation is 2. The number of thioether (sulfide) groups is 1. The summed E-state index contributed by atoms with van der Waals surface area (Å²) in [5, 5.41) is 1.43. The molecule has 20 heavy (non-hydrogen) atoms. The predicted molar refractivity (Wildman–Crippen MR) is 88.8 cm³/mol. The lowest BCUT2D eigenvalue weighted by atomic mass is 10.0. The maximum absolute atomic E-state index is 2.38. The van der Waals surface area contributed by atoms with Crippen molar-refractivity contribution in [2.45, 2.75) is 19.1 Å². The first-order valence-corrected chi connectivity index (χ1v) is 8.01. The number of allylic oxidation sites excluding steroid dienone is 5. The molecule has 0 bridgehead atoms. The Labute approximate surface area is 123 Å². The molecule has 0 N–H and O–H groups in total. The van der Waals surface area contributed by atoms with Gasteiger partial charge < -0.3 is 4.57 Å². The Hall–Kier alpha value is -1.67. The molecule has 0 amide bonds. The fourth-order valence-electron chi connectivity index (χ4n) is 3.27. The van der Waals surface area contributed by atoms with E-state index in [0.717, 1.165) is 12.2 Å². The van der Waals surface area contributed by atoms with Crippen molar-refractivity contribution in [3.8, 4) is 0 Å². The highest BCUT2D eigenvalue weighted by Gasteiger charge is 2.24. The molecule has 100 valence electrons. The zero-order chi connectivity index (χ0) is 13.7. The highest BCUT2D eigenvalue weighted by molar-refractivity contribution is 8.02. The zero-order valence-electron chi connectivity index (χ0n) is 11.8. The first-order valence-electron chi connectivity index (χ1n) is 7.03. The molecular weight excluding hydrogens is 262 g/mol. The SMILES string of the molecule is Cc1ccc2c(c1)c1c(n2C)C2=C(C=CC=CC2)SC1. The number of benzene rings is 1. The Kier molecular flexibility index (Phi) is 2.67. The third-order valence-corrected chi connectivity index (χ3v) is 5.36. The average molecular weight is 279 g/mol. The fraction of sp³-hybridized carbons (Fsp3) is 0.222. The lowest BCUT2D eigenvalue weighted by Crippen LogP contribution is -2.03. The maximum Gasteiger partial charge on any atom is 0.0503 e. The van der Waals surface area contributed by atoms with Gasteiger partial charge in [-0.3, -0.25) is 0 Å². The van der Waals surface area contributed by atoms with Crippen LogP contribution >= 0.6 is 11.8 Å². The monoisotopic (exact) mass is 279 g/mol. The summed E-state index contributed by atoms with van der Waals surface area (Å²) in [6.07, 6.45) is 9.87. The van der Waals surface area contributed by atoms with Gasteiger partial charge in [-0.2, -0.15) is 0 Å². The van der Waals surface area contributed by atoms with Gasteiger partial charge in [0.15, 0.2) is 0 Å². The topological polar surface area (TPSA) is 4.93 Å². The molecular formula is C18H17NS. The zero-order valence-corrected chi connectivity index (χ0v) is 12.6. The van der Waals surface area contributed by atoms with Gasteiger partial charge in [0.05, 0.1) is 5.69 Å². The molecule has 0 atom stereocenters. The van der Waals surface area contributed by atoms with Gasteiger partial charge in [-0.15, -0.1) is 11.8 Å². The molecule has 4 rings (SSSR count). The highest BCUT2D eigenvalue weighted by Crippen LogP contribution is 2.44. The van der Waals surface area contributed by atoms with Gasteiger partial charge in [-0.1, -0.05) is 29.9 Å². The second-order valence-corrected chi connectivity index (χ2v) is 6.55. The van der Waals surface area contributed by atoms with Crippen molar-refractivity contribution >= 4 is 28.2 Å². The van der Waals surface area contributed by atoms with Crippen LogP contribution in [0.2, 0.25) is 0 Å². The molecule has 2 aromatic rings.